The molecule has 1 atom stereocenters. The summed E-state index contributed by atoms with van der Waals surface area (Å²) in [4.78, 5) is 21.7. The highest BCUT2D eigenvalue weighted by Gasteiger charge is 2.23. The Bertz CT molecular complexity index is 1050. The Labute approximate surface area is 168 Å². The van der Waals surface area contributed by atoms with Crippen LogP contribution in [0.5, 0.6) is 0 Å². The van der Waals surface area contributed by atoms with Crippen LogP contribution >= 0.6 is 34.5 Å². The smallest absolute Gasteiger partial charge is 0.260 e. The number of anilines is 2. The number of aromatic nitrogens is 2. The number of fused-ring (bicyclic) bond motifs is 1. The molecule has 0 unspecified atom stereocenters. The molecule has 3 aromatic rings. The third-order valence-corrected chi connectivity index (χ3v) is 6.12. The second-order valence-corrected chi connectivity index (χ2v) is 7.93. The zero-order valence-corrected chi connectivity index (χ0v) is 16.3. The van der Waals surface area contributed by atoms with Crippen molar-refractivity contribution in [1.82, 2.24) is 9.97 Å². The molecule has 1 saturated heterocycles. The molecule has 1 aliphatic rings. The monoisotopic (exact) mass is 423 g/mol. The molecule has 0 bridgehead atoms. The van der Waals surface area contributed by atoms with E-state index in [1.54, 1.807) is 18.2 Å². The number of carbonyl (C=O) groups excluding carboxylic acids is 1. The number of ether oxygens (including phenoxy) is 1. The van der Waals surface area contributed by atoms with E-state index in [0.717, 1.165) is 17.8 Å². The van der Waals surface area contributed by atoms with Crippen LogP contribution in [0, 0.1) is 0 Å². The van der Waals surface area contributed by atoms with Gasteiger partial charge in [0.05, 0.1) is 39.5 Å². The molecular weight excluding hydrogens is 409 g/mol. The lowest BCUT2D eigenvalue weighted by atomic mass is 10.1. The van der Waals surface area contributed by atoms with E-state index in [4.69, 9.17) is 39.4 Å². The van der Waals surface area contributed by atoms with Crippen LogP contribution in [0.15, 0.2) is 18.2 Å². The predicted molar refractivity (Wildman–Crippen MR) is 109 cm³/mol. The van der Waals surface area contributed by atoms with Crippen molar-refractivity contribution < 1.29 is 9.53 Å². The van der Waals surface area contributed by atoms with Gasteiger partial charge in [-0.1, -0.05) is 29.3 Å². The third-order valence-electron chi connectivity index (χ3n) is 4.27. The van der Waals surface area contributed by atoms with Gasteiger partial charge in [-0.05, 0) is 18.6 Å². The van der Waals surface area contributed by atoms with Crippen molar-refractivity contribution in [3.05, 3.63) is 33.1 Å². The van der Waals surface area contributed by atoms with Gasteiger partial charge in [0.25, 0.3) is 5.91 Å². The number of nitrogen functional groups attached to an aromatic ring is 1. The topological polar surface area (TPSA) is 116 Å². The van der Waals surface area contributed by atoms with Crippen LogP contribution in [-0.4, -0.2) is 35.1 Å². The highest BCUT2D eigenvalue weighted by molar-refractivity contribution is 7.21. The summed E-state index contributed by atoms with van der Waals surface area (Å²) in [5, 5.41) is 4.67. The fourth-order valence-corrected chi connectivity index (χ4v) is 4.20. The zero-order valence-electron chi connectivity index (χ0n) is 14.0. The quantitative estimate of drug-likeness (QED) is 0.590. The van der Waals surface area contributed by atoms with Crippen LogP contribution in [0.4, 0.5) is 11.6 Å². The largest absolute Gasteiger partial charge is 0.397 e. The van der Waals surface area contributed by atoms with E-state index in [9.17, 15) is 4.79 Å². The molecule has 4 rings (SSSR count). The molecule has 0 spiro atoms. The molecule has 10 heteroatoms. The molecule has 0 radical (unpaired) electrons. The number of primary amides is 1. The number of hydrogen-bond donors (Lipinski definition) is 3. The Morgan fingerprint density at radius 1 is 1.30 bits per heavy atom. The molecular formula is C17H15Cl2N5O2S. The minimum atomic E-state index is -0.603. The van der Waals surface area contributed by atoms with Crippen LogP contribution < -0.4 is 16.8 Å². The first-order chi connectivity index (χ1) is 12.9. The van der Waals surface area contributed by atoms with Gasteiger partial charge in [0.1, 0.15) is 9.71 Å². The van der Waals surface area contributed by atoms with Gasteiger partial charge in [0, 0.05) is 12.2 Å². The van der Waals surface area contributed by atoms with Crippen molar-refractivity contribution in [2.75, 3.05) is 24.3 Å². The molecule has 27 heavy (non-hydrogen) atoms. The molecule has 140 valence electrons. The molecule has 3 heterocycles. The van der Waals surface area contributed by atoms with Gasteiger partial charge in [0.15, 0.2) is 0 Å². The van der Waals surface area contributed by atoms with Crippen molar-refractivity contribution in [3.8, 4) is 11.3 Å². The first-order valence-electron chi connectivity index (χ1n) is 8.13. The second kappa shape index (κ2) is 7.12. The summed E-state index contributed by atoms with van der Waals surface area (Å²) < 4.78 is 5.39. The van der Waals surface area contributed by atoms with Gasteiger partial charge < -0.3 is 21.5 Å². The van der Waals surface area contributed by atoms with Crippen LogP contribution in [0.2, 0.25) is 10.0 Å². The Balaban J connectivity index is 1.91. The summed E-state index contributed by atoms with van der Waals surface area (Å²) in [6.07, 6.45) is 0.864. The summed E-state index contributed by atoms with van der Waals surface area (Å²) >= 11 is 13.3. The van der Waals surface area contributed by atoms with E-state index in [1.807, 2.05) is 0 Å². The number of amides is 1. The van der Waals surface area contributed by atoms with Crippen LogP contribution in [0.3, 0.4) is 0 Å². The fraction of sp³-hybridized carbons (Fsp3) is 0.235. The Morgan fingerprint density at radius 3 is 2.78 bits per heavy atom. The minimum Gasteiger partial charge on any atom is -0.397 e. The zero-order chi connectivity index (χ0) is 19.1. The summed E-state index contributed by atoms with van der Waals surface area (Å²) in [6.45, 7) is 1.28. The van der Waals surface area contributed by atoms with Crippen molar-refractivity contribution in [2.24, 2.45) is 5.73 Å². The van der Waals surface area contributed by atoms with E-state index in [1.165, 1.54) is 0 Å². The Morgan fingerprint density at radius 2 is 2.11 bits per heavy atom. The van der Waals surface area contributed by atoms with Crippen LogP contribution in [0.25, 0.3) is 21.5 Å². The molecule has 2 aromatic heterocycles. The average molecular weight is 424 g/mol. The highest BCUT2D eigenvalue weighted by Crippen LogP contribution is 2.40. The summed E-state index contributed by atoms with van der Waals surface area (Å²) in [5.41, 5.74) is 13.2. The summed E-state index contributed by atoms with van der Waals surface area (Å²) in [6, 6.07) is 5.30. The van der Waals surface area contributed by atoms with Gasteiger partial charge in [-0.2, -0.15) is 0 Å². The van der Waals surface area contributed by atoms with Crippen LogP contribution in [-0.2, 0) is 4.74 Å². The molecule has 1 fully saturated rings. The van der Waals surface area contributed by atoms with Gasteiger partial charge >= 0.3 is 0 Å². The van der Waals surface area contributed by atoms with E-state index < -0.39 is 5.91 Å². The van der Waals surface area contributed by atoms with Crippen molar-refractivity contribution in [3.63, 3.8) is 0 Å². The van der Waals surface area contributed by atoms with Crippen molar-refractivity contribution in [2.45, 2.75) is 12.5 Å². The van der Waals surface area contributed by atoms with Gasteiger partial charge in [0.2, 0.25) is 5.95 Å². The number of nitrogens with zero attached hydrogens (tertiary/aromatic N) is 2. The van der Waals surface area contributed by atoms with Crippen LogP contribution in [0.1, 0.15) is 16.1 Å². The minimum absolute atomic E-state index is 0.122. The number of benzene rings is 1. The number of nitrogens with one attached hydrogen (secondary N) is 1. The number of rotatable bonds is 4. The highest BCUT2D eigenvalue weighted by atomic mass is 35.5. The van der Waals surface area contributed by atoms with Crippen molar-refractivity contribution >= 4 is 62.3 Å². The van der Waals surface area contributed by atoms with Crippen molar-refractivity contribution in [1.29, 1.82) is 0 Å². The maximum atomic E-state index is 11.7. The molecule has 1 aliphatic heterocycles. The molecule has 1 amide bonds. The van der Waals surface area contributed by atoms with E-state index in [0.29, 0.717) is 50.7 Å². The predicted octanol–water partition coefficient (Wildman–Crippen LogP) is 3.55. The first-order valence-corrected chi connectivity index (χ1v) is 9.71. The van der Waals surface area contributed by atoms with Gasteiger partial charge in [-0.15, -0.1) is 11.3 Å². The van der Waals surface area contributed by atoms with Gasteiger partial charge in [-0.3, -0.25) is 4.79 Å². The lowest BCUT2D eigenvalue weighted by Crippen LogP contribution is -2.20. The normalized spacial score (nSPS) is 16.7. The SMILES string of the molecule is NC(=O)c1sc2nc(N[C@@H]3CCOC3)nc(-c3ccc(Cl)c(Cl)c3)c2c1N. The lowest BCUT2D eigenvalue weighted by molar-refractivity contribution is 0.100. The number of hydrogen-bond acceptors (Lipinski definition) is 7. The number of halogens is 2. The first kappa shape index (κ1) is 18.2. The number of nitrogens with two attached hydrogens (primary N) is 2. The molecule has 1 aromatic carbocycles. The molecule has 5 N–H and O–H groups in total. The molecule has 0 aliphatic carbocycles. The average Bonchev–Trinajstić information content (AvgIpc) is 3.25. The van der Waals surface area contributed by atoms with Gasteiger partial charge in [-0.25, -0.2) is 9.97 Å². The lowest BCUT2D eigenvalue weighted by Gasteiger charge is -2.13. The number of thiophene rings is 1. The third kappa shape index (κ3) is 3.41. The van der Waals surface area contributed by atoms with E-state index >= 15 is 0 Å². The second-order valence-electron chi connectivity index (χ2n) is 6.12. The van der Waals surface area contributed by atoms with E-state index in [-0.39, 0.29) is 16.6 Å². The number of carbonyl (C=O) groups is 1. The summed E-state index contributed by atoms with van der Waals surface area (Å²) in [7, 11) is 0. The summed E-state index contributed by atoms with van der Waals surface area (Å²) in [5.74, 6) is -0.175. The van der Waals surface area contributed by atoms with E-state index in [2.05, 4.69) is 15.3 Å². The maximum Gasteiger partial charge on any atom is 0.260 e. The molecule has 7 nitrogen and oxygen atoms in total. The Hall–Kier alpha value is -2.13. The fourth-order valence-electron chi connectivity index (χ4n) is 2.95. The standard InChI is InChI=1S/C17H15Cl2N5O2S/c18-9-2-1-7(5-10(9)19)13-11-12(20)14(15(21)25)27-16(11)24-17(23-13)22-8-3-4-26-6-8/h1-2,5,8H,3-4,6,20H2,(H2,21,25)(H,22,23,24)/t8-/m1/s1. The Kier molecular flexibility index (Phi) is 4.81. The molecule has 0 saturated carbocycles. The maximum absolute atomic E-state index is 11.7.